The highest BCUT2D eigenvalue weighted by Gasteiger charge is 2.22. The van der Waals surface area contributed by atoms with Crippen LogP contribution in [0.4, 0.5) is 0 Å². The minimum atomic E-state index is -4.90. The van der Waals surface area contributed by atoms with Gasteiger partial charge in [0.15, 0.2) is 5.76 Å². The van der Waals surface area contributed by atoms with Crippen LogP contribution >= 0.6 is 0 Å². The molecule has 2 aromatic carbocycles. The van der Waals surface area contributed by atoms with Crippen LogP contribution in [0.15, 0.2) is 57.7 Å². The third-order valence-corrected chi connectivity index (χ3v) is 3.66. The highest BCUT2D eigenvalue weighted by atomic mass is 32.3. The zero-order valence-electron chi connectivity index (χ0n) is 12.4. The Labute approximate surface area is 137 Å². The van der Waals surface area contributed by atoms with Crippen LogP contribution in [0.2, 0.25) is 0 Å². The Hall–Kier alpha value is -2.84. The number of hydrogen-bond donors (Lipinski definition) is 1. The lowest BCUT2D eigenvalue weighted by atomic mass is 10.1. The fourth-order valence-corrected chi connectivity index (χ4v) is 2.61. The Balaban J connectivity index is 2.37. The second-order valence-corrected chi connectivity index (χ2v) is 5.85. The first-order valence-electron chi connectivity index (χ1n) is 6.76. The molecule has 124 valence electrons. The number of fused-ring (bicyclic) bond motifs is 1. The molecule has 0 unspecified atom stereocenters. The van der Waals surface area contributed by atoms with Gasteiger partial charge in [0.25, 0.3) is 0 Å². The van der Waals surface area contributed by atoms with Crippen LogP contribution in [0.5, 0.6) is 11.5 Å². The lowest BCUT2D eigenvalue weighted by Gasteiger charge is -2.10. The van der Waals surface area contributed by atoms with E-state index in [1.165, 1.54) is 25.3 Å². The van der Waals surface area contributed by atoms with Crippen molar-refractivity contribution in [2.75, 3.05) is 7.11 Å². The van der Waals surface area contributed by atoms with Gasteiger partial charge in [-0.25, -0.2) is 0 Å². The smallest absolute Gasteiger partial charge is 0.446 e. The lowest BCUT2D eigenvalue weighted by molar-refractivity contribution is 0.381. The molecule has 3 rings (SSSR count). The van der Waals surface area contributed by atoms with Crippen LogP contribution in [-0.2, 0) is 10.4 Å². The van der Waals surface area contributed by atoms with Gasteiger partial charge in [-0.05, 0) is 12.1 Å². The van der Waals surface area contributed by atoms with Gasteiger partial charge in [-0.15, -0.1) is 0 Å². The Morgan fingerprint density at radius 1 is 1.08 bits per heavy atom. The summed E-state index contributed by atoms with van der Waals surface area (Å²) in [4.78, 5) is 12.6. The summed E-state index contributed by atoms with van der Waals surface area (Å²) in [5.41, 5.74) is -0.116. The summed E-state index contributed by atoms with van der Waals surface area (Å²) in [5.74, 6) is -0.256. The van der Waals surface area contributed by atoms with E-state index in [4.69, 9.17) is 13.7 Å². The lowest BCUT2D eigenvalue weighted by Crippen LogP contribution is -2.15. The zero-order chi connectivity index (χ0) is 17.3. The summed E-state index contributed by atoms with van der Waals surface area (Å²) in [6.45, 7) is 0. The summed E-state index contributed by atoms with van der Waals surface area (Å²) in [6, 6.07) is 12.8. The summed E-state index contributed by atoms with van der Waals surface area (Å²) in [7, 11) is -3.43. The van der Waals surface area contributed by atoms with Gasteiger partial charge in [-0.3, -0.25) is 9.35 Å². The first kappa shape index (κ1) is 16.0. The van der Waals surface area contributed by atoms with Crippen LogP contribution in [0, 0.1) is 0 Å². The fourth-order valence-electron chi connectivity index (χ4n) is 2.24. The molecule has 0 fully saturated rings. The molecule has 0 aliphatic heterocycles. The highest BCUT2D eigenvalue weighted by Crippen LogP contribution is 2.32. The topological polar surface area (TPSA) is 103 Å². The molecule has 0 radical (unpaired) electrons. The van der Waals surface area contributed by atoms with Crippen molar-refractivity contribution >= 4 is 21.4 Å². The van der Waals surface area contributed by atoms with Crippen LogP contribution in [-0.4, -0.2) is 20.1 Å². The Morgan fingerprint density at radius 2 is 1.79 bits per heavy atom. The second kappa shape index (κ2) is 5.99. The van der Waals surface area contributed by atoms with Crippen molar-refractivity contribution in [2.24, 2.45) is 0 Å². The molecule has 0 amide bonds. The molecular weight excluding hydrogens is 336 g/mol. The Kier molecular flexibility index (Phi) is 4.00. The molecule has 1 aromatic heterocycles. The van der Waals surface area contributed by atoms with Gasteiger partial charge in [-0.2, -0.15) is 8.42 Å². The van der Waals surface area contributed by atoms with Crippen LogP contribution in [0.3, 0.4) is 0 Å². The van der Waals surface area contributed by atoms with E-state index in [-0.39, 0.29) is 16.7 Å². The maximum Gasteiger partial charge on any atom is 0.446 e. The van der Waals surface area contributed by atoms with Crippen molar-refractivity contribution in [1.29, 1.82) is 0 Å². The van der Waals surface area contributed by atoms with E-state index in [1.54, 1.807) is 30.3 Å². The highest BCUT2D eigenvalue weighted by molar-refractivity contribution is 7.81. The van der Waals surface area contributed by atoms with E-state index in [0.717, 1.165) is 0 Å². The first-order chi connectivity index (χ1) is 11.4. The zero-order valence-corrected chi connectivity index (χ0v) is 13.2. The molecule has 0 saturated heterocycles. The molecular formula is C16H12O7S. The van der Waals surface area contributed by atoms with Crippen molar-refractivity contribution in [3.63, 3.8) is 0 Å². The van der Waals surface area contributed by atoms with Gasteiger partial charge in [0.05, 0.1) is 12.5 Å². The van der Waals surface area contributed by atoms with E-state index < -0.39 is 21.6 Å². The van der Waals surface area contributed by atoms with Gasteiger partial charge in [0, 0.05) is 11.6 Å². The van der Waals surface area contributed by atoms with Gasteiger partial charge in [0.2, 0.25) is 11.2 Å². The number of benzene rings is 2. The molecule has 7 nitrogen and oxygen atoms in total. The van der Waals surface area contributed by atoms with Gasteiger partial charge in [-0.1, -0.05) is 30.3 Å². The number of rotatable bonds is 4. The van der Waals surface area contributed by atoms with Crippen molar-refractivity contribution in [3.05, 3.63) is 58.8 Å². The van der Waals surface area contributed by atoms with Crippen LogP contribution in [0.25, 0.3) is 22.3 Å². The maximum atomic E-state index is 12.6. The third kappa shape index (κ3) is 3.10. The van der Waals surface area contributed by atoms with Gasteiger partial charge < -0.3 is 13.3 Å². The largest absolute Gasteiger partial charge is 0.497 e. The monoisotopic (exact) mass is 348 g/mol. The third-order valence-electron chi connectivity index (χ3n) is 3.28. The van der Waals surface area contributed by atoms with Crippen molar-refractivity contribution < 1.29 is 26.3 Å². The first-order valence-corrected chi connectivity index (χ1v) is 8.13. The van der Waals surface area contributed by atoms with Crippen molar-refractivity contribution in [3.8, 4) is 22.8 Å². The molecule has 0 atom stereocenters. The minimum Gasteiger partial charge on any atom is -0.497 e. The van der Waals surface area contributed by atoms with E-state index in [2.05, 4.69) is 4.18 Å². The quantitative estimate of drug-likeness (QED) is 0.723. The molecule has 8 heteroatoms. The average molecular weight is 348 g/mol. The summed E-state index contributed by atoms with van der Waals surface area (Å²) in [5, 5.41) is 0.0918. The number of methoxy groups -OCH3 is 1. The van der Waals surface area contributed by atoms with E-state index in [0.29, 0.717) is 11.3 Å². The summed E-state index contributed by atoms with van der Waals surface area (Å²) >= 11 is 0. The molecule has 1 heterocycles. The van der Waals surface area contributed by atoms with Gasteiger partial charge in [0.1, 0.15) is 11.3 Å². The molecule has 0 bridgehead atoms. The van der Waals surface area contributed by atoms with Crippen LogP contribution in [0.1, 0.15) is 0 Å². The maximum absolute atomic E-state index is 12.6. The van der Waals surface area contributed by atoms with Crippen molar-refractivity contribution in [1.82, 2.24) is 0 Å². The molecule has 24 heavy (non-hydrogen) atoms. The average Bonchev–Trinajstić information content (AvgIpc) is 2.56. The predicted molar refractivity (Wildman–Crippen MR) is 86.6 cm³/mol. The number of ether oxygens (including phenoxy) is 1. The second-order valence-electron chi connectivity index (χ2n) is 4.83. The normalized spacial score (nSPS) is 11.4. The molecule has 0 aliphatic rings. The predicted octanol–water partition coefficient (Wildman–Crippen LogP) is 2.65. The number of hydrogen-bond acceptors (Lipinski definition) is 6. The van der Waals surface area contributed by atoms with Crippen molar-refractivity contribution in [2.45, 2.75) is 0 Å². The fraction of sp³-hybridized carbons (Fsp3) is 0.0625. The van der Waals surface area contributed by atoms with Crippen LogP contribution < -0.4 is 14.3 Å². The molecule has 3 aromatic rings. The molecule has 0 aliphatic carbocycles. The molecule has 0 spiro atoms. The summed E-state index contributed by atoms with van der Waals surface area (Å²) < 4.78 is 46.4. The Bertz CT molecular complexity index is 1050. The molecule has 0 saturated carbocycles. The standard InChI is InChI=1S/C16H12O7S/c1-21-11-7-8-12-13(9-11)22-15(10-5-3-2-4-6-10)16(14(12)17)23-24(18,19)20/h2-9H,1H3,(H,18,19,20). The van der Waals surface area contributed by atoms with Gasteiger partial charge >= 0.3 is 10.4 Å². The van der Waals surface area contributed by atoms with E-state index >= 15 is 0 Å². The van der Waals surface area contributed by atoms with E-state index in [1.807, 2.05) is 0 Å². The summed E-state index contributed by atoms with van der Waals surface area (Å²) in [6.07, 6.45) is 0. The minimum absolute atomic E-state index is 0.0918. The molecule has 1 N–H and O–H groups in total. The SMILES string of the molecule is COc1ccc2c(=O)c(OS(=O)(=O)O)c(-c3ccccc3)oc2c1. The van der Waals surface area contributed by atoms with E-state index in [9.17, 15) is 13.2 Å². The Morgan fingerprint density at radius 3 is 2.42 bits per heavy atom.